The second kappa shape index (κ2) is 9.70. The van der Waals surface area contributed by atoms with Gasteiger partial charge < -0.3 is 4.74 Å². The number of allylic oxidation sites excluding steroid dienone is 2. The molecule has 0 heterocycles. The van der Waals surface area contributed by atoms with Gasteiger partial charge in [-0.15, -0.1) is 0 Å². The van der Waals surface area contributed by atoms with Crippen LogP contribution in [-0.4, -0.2) is 5.97 Å². The molecule has 4 atom stereocenters. The molecule has 0 radical (unpaired) electrons. The largest absolute Gasteiger partial charge is 0.423 e. The Kier molecular flexibility index (Phi) is 6.94. The summed E-state index contributed by atoms with van der Waals surface area (Å²) in [5, 5.41) is -0.115. The number of halogens is 4. The fourth-order valence-electron chi connectivity index (χ4n) is 5.43. The zero-order valence-electron chi connectivity index (χ0n) is 17.9. The van der Waals surface area contributed by atoms with E-state index < -0.39 is 23.4 Å². The van der Waals surface area contributed by atoms with Gasteiger partial charge in [0.15, 0.2) is 0 Å². The van der Waals surface area contributed by atoms with E-state index in [0.29, 0.717) is 17.8 Å². The molecule has 0 aromatic heterocycles. The van der Waals surface area contributed by atoms with Gasteiger partial charge >= 0.3 is 5.97 Å². The Morgan fingerprint density at radius 3 is 2.34 bits per heavy atom. The van der Waals surface area contributed by atoms with E-state index in [1.54, 1.807) is 0 Å². The van der Waals surface area contributed by atoms with Gasteiger partial charge in [-0.25, -0.2) is 18.0 Å². The fourth-order valence-corrected chi connectivity index (χ4v) is 5.55. The molecule has 0 bridgehead atoms. The van der Waals surface area contributed by atoms with Crippen LogP contribution in [0.4, 0.5) is 13.2 Å². The van der Waals surface area contributed by atoms with Crippen molar-refractivity contribution < 1.29 is 22.7 Å². The third kappa shape index (κ3) is 4.88. The van der Waals surface area contributed by atoms with Crippen LogP contribution in [0.15, 0.2) is 42.5 Å². The molecule has 2 aromatic rings. The third-order valence-corrected chi connectivity index (χ3v) is 7.25. The first kappa shape index (κ1) is 22.9. The molecule has 2 nitrogen and oxygen atoms in total. The smallest absolute Gasteiger partial charge is 0.343 e. The van der Waals surface area contributed by atoms with Crippen molar-refractivity contribution in [3.63, 3.8) is 0 Å². The van der Waals surface area contributed by atoms with Gasteiger partial charge in [0, 0.05) is 11.6 Å². The third-order valence-electron chi connectivity index (χ3n) is 6.94. The molecule has 2 saturated carbocycles. The summed E-state index contributed by atoms with van der Waals surface area (Å²) in [5.74, 6) is -1.73. The van der Waals surface area contributed by atoms with Crippen molar-refractivity contribution in [2.24, 2.45) is 17.8 Å². The fraction of sp³-hybridized carbons (Fsp3) is 0.423. The number of rotatable bonds is 4. The summed E-state index contributed by atoms with van der Waals surface area (Å²) in [7, 11) is 0. The van der Waals surface area contributed by atoms with Crippen LogP contribution in [0.1, 0.15) is 67.3 Å². The lowest BCUT2D eigenvalue weighted by molar-refractivity contribution is 0.0733. The molecule has 2 aromatic carbocycles. The van der Waals surface area contributed by atoms with E-state index in [4.69, 9.17) is 16.3 Å². The molecular weight excluding hydrogens is 437 g/mol. The van der Waals surface area contributed by atoms with Crippen molar-refractivity contribution in [2.75, 3.05) is 0 Å². The Morgan fingerprint density at radius 1 is 0.969 bits per heavy atom. The predicted molar refractivity (Wildman–Crippen MR) is 118 cm³/mol. The molecule has 0 aliphatic heterocycles. The van der Waals surface area contributed by atoms with E-state index in [2.05, 4.69) is 12.2 Å². The molecule has 2 fully saturated rings. The maximum absolute atomic E-state index is 15.0. The van der Waals surface area contributed by atoms with E-state index in [9.17, 15) is 18.0 Å². The van der Waals surface area contributed by atoms with Crippen LogP contribution in [0.2, 0.25) is 5.02 Å². The lowest BCUT2D eigenvalue weighted by Crippen LogP contribution is -2.30. The first-order chi connectivity index (χ1) is 15.4. The zero-order chi connectivity index (χ0) is 22.8. The quantitative estimate of drug-likeness (QED) is 0.262. The average Bonchev–Trinajstić information content (AvgIpc) is 2.76. The van der Waals surface area contributed by atoms with Gasteiger partial charge in [-0.1, -0.05) is 23.8 Å². The Morgan fingerprint density at radius 2 is 1.66 bits per heavy atom. The molecule has 6 heteroatoms. The van der Waals surface area contributed by atoms with Crippen LogP contribution in [0, 0.1) is 35.2 Å². The highest BCUT2D eigenvalue weighted by molar-refractivity contribution is 6.30. The molecule has 0 spiro atoms. The van der Waals surface area contributed by atoms with Crippen LogP contribution >= 0.6 is 11.6 Å². The van der Waals surface area contributed by atoms with Gasteiger partial charge in [0.25, 0.3) is 0 Å². The molecule has 32 heavy (non-hydrogen) atoms. The molecule has 0 N–H and O–H groups in total. The lowest BCUT2D eigenvalue weighted by Gasteiger charge is -2.42. The Bertz CT molecular complexity index is 1010. The van der Waals surface area contributed by atoms with Crippen molar-refractivity contribution in [1.82, 2.24) is 0 Å². The van der Waals surface area contributed by atoms with E-state index in [-0.39, 0.29) is 27.8 Å². The van der Waals surface area contributed by atoms with E-state index in [1.165, 1.54) is 12.1 Å². The Balaban J connectivity index is 1.47. The normalized spacial score (nSPS) is 25.5. The van der Waals surface area contributed by atoms with Crippen LogP contribution in [0.5, 0.6) is 5.75 Å². The second-order valence-electron chi connectivity index (χ2n) is 8.95. The van der Waals surface area contributed by atoms with Gasteiger partial charge in [-0.3, -0.25) is 0 Å². The van der Waals surface area contributed by atoms with E-state index >= 15 is 0 Å². The summed E-state index contributed by atoms with van der Waals surface area (Å²) in [6.45, 7) is 2.04. The average molecular weight is 463 g/mol. The predicted octanol–water partition coefficient (Wildman–Crippen LogP) is 7.85. The maximum Gasteiger partial charge on any atom is 0.343 e. The summed E-state index contributed by atoms with van der Waals surface area (Å²) < 4.78 is 48.5. The molecule has 4 rings (SSSR count). The van der Waals surface area contributed by atoms with Crippen LogP contribution in [0.25, 0.3) is 0 Å². The topological polar surface area (TPSA) is 26.3 Å². The summed E-state index contributed by atoms with van der Waals surface area (Å²) >= 11 is 5.61. The number of fused-ring (bicyclic) bond motifs is 1. The highest BCUT2D eigenvalue weighted by atomic mass is 35.5. The monoisotopic (exact) mass is 462 g/mol. The molecule has 2 aliphatic rings. The number of hydrogen-bond acceptors (Lipinski definition) is 2. The van der Waals surface area contributed by atoms with E-state index in [1.807, 2.05) is 6.92 Å². The lowest BCUT2D eigenvalue weighted by atomic mass is 9.63. The van der Waals surface area contributed by atoms with Gasteiger partial charge in [0.2, 0.25) is 0 Å². The molecule has 0 saturated heterocycles. The van der Waals surface area contributed by atoms with Gasteiger partial charge in [0.05, 0.1) is 10.6 Å². The molecule has 2 aliphatic carbocycles. The van der Waals surface area contributed by atoms with Gasteiger partial charge in [0.1, 0.15) is 23.2 Å². The maximum atomic E-state index is 15.0. The standard InChI is InChI=1S/C26H26ClF3O2/c1-2-3-15-4-5-17-11-18(7-6-16(17)10-15)25-23(29)12-19(13-24(25)30)26(31)32-20-8-9-21(27)22(28)14-20/h2-3,8-9,12-18H,4-7,10-11H2,1H3/b3-2+. The number of benzene rings is 2. The zero-order valence-corrected chi connectivity index (χ0v) is 18.7. The van der Waals surface area contributed by atoms with Gasteiger partial charge in [-0.2, -0.15) is 0 Å². The summed E-state index contributed by atoms with van der Waals surface area (Å²) in [6, 6.07) is 5.54. The first-order valence-electron chi connectivity index (χ1n) is 11.1. The molecule has 0 amide bonds. The summed E-state index contributed by atoms with van der Waals surface area (Å²) in [5.41, 5.74) is -0.187. The summed E-state index contributed by atoms with van der Waals surface area (Å²) in [4.78, 5) is 12.4. The highest BCUT2D eigenvalue weighted by Crippen LogP contribution is 2.48. The number of esters is 1. The minimum absolute atomic E-state index is 0.0631. The van der Waals surface area contributed by atoms with Crippen LogP contribution < -0.4 is 4.74 Å². The number of carbonyl (C=O) groups excluding carboxylic acids is 1. The number of carbonyl (C=O) groups is 1. The molecule has 170 valence electrons. The van der Waals surface area contributed by atoms with Crippen molar-refractivity contribution in [3.05, 3.63) is 76.1 Å². The Labute approximate surface area is 191 Å². The highest BCUT2D eigenvalue weighted by Gasteiger charge is 2.37. The minimum atomic E-state index is -0.956. The van der Waals surface area contributed by atoms with Gasteiger partial charge in [-0.05, 0) is 93.4 Å². The Hall–Kier alpha value is -2.27. The van der Waals surface area contributed by atoms with E-state index in [0.717, 1.165) is 56.7 Å². The number of hydrogen-bond donors (Lipinski definition) is 0. The SMILES string of the molecule is C/C=C/C1CCC2CC(c3c(F)cc(C(=O)Oc4ccc(Cl)c(F)c4)cc3F)CCC2C1. The minimum Gasteiger partial charge on any atom is -0.423 e. The second-order valence-corrected chi connectivity index (χ2v) is 9.36. The number of ether oxygens (including phenoxy) is 1. The molecule has 4 unspecified atom stereocenters. The molecular formula is C26H26ClF3O2. The van der Waals surface area contributed by atoms with Crippen molar-refractivity contribution in [3.8, 4) is 5.75 Å². The first-order valence-corrected chi connectivity index (χ1v) is 11.5. The van der Waals surface area contributed by atoms with Crippen molar-refractivity contribution in [1.29, 1.82) is 0 Å². The van der Waals surface area contributed by atoms with Crippen molar-refractivity contribution >= 4 is 17.6 Å². The summed E-state index contributed by atoms with van der Waals surface area (Å²) in [6.07, 6.45) is 10.2. The van der Waals surface area contributed by atoms with Crippen LogP contribution in [-0.2, 0) is 0 Å². The van der Waals surface area contributed by atoms with Crippen molar-refractivity contribution in [2.45, 2.75) is 51.4 Å². The van der Waals surface area contributed by atoms with Crippen LogP contribution in [0.3, 0.4) is 0 Å².